The van der Waals surface area contributed by atoms with Crippen molar-refractivity contribution in [2.45, 2.75) is 45.3 Å². The summed E-state index contributed by atoms with van der Waals surface area (Å²) >= 11 is 0. The van der Waals surface area contributed by atoms with Crippen LogP contribution in [0.3, 0.4) is 0 Å². The molecule has 1 saturated heterocycles. The normalized spacial score (nSPS) is 23.2. The van der Waals surface area contributed by atoms with Gasteiger partial charge >= 0.3 is 17.9 Å². The molecule has 13 heteroatoms. The maximum absolute atomic E-state index is 11.7. The van der Waals surface area contributed by atoms with Gasteiger partial charge in [0, 0.05) is 33.0 Å². The minimum absolute atomic E-state index is 0.000136. The number of carbonyl (C=O) groups is 3. The molecule has 3 rings (SSSR count). The minimum atomic E-state index is -1.15. The standard InChI is InChI=1S/C17H18N4O9/c1-8(22)27-6-12-14(28-9(2)23)15(29-10(3)24)17(30-12)20-7-19-13-11(21(25)26)4-5-18-16(13)20/h4-5,7,12,14-15,17H,6H2,1-3H3/t12-,14-,15-,17-/m1/s1. The van der Waals surface area contributed by atoms with Crippen molar-refractivity contribution in [1.29, 1.82) is 0 Å². The lowest BCUT2D eigenvalue weighted by Crippen LogP contribution is -2.40. The quantitative estimate of drug-likeness (QED) is 0.278. The van der Waals surface area contributed by atoms with Crippen LogP contribution < -0.4 is 0 Å². The van der Waals surface area contributed by atoms with Crippen LogP contribution in [0.25, 0.3) is 11.2 Å². The summed E-state index contributed by atoms with van der Waals surface area (Å²) in [6.45, 7) is 3.25. The fourth-order valence-electron chi connectivity index (χ4n) is 3.17. The Morgan fingerprint density at radius 3 is 2.40 bits per heavy atom. The first-order valence-corrected chi connectivity index (χ1v) is 8.78. The van der Waals surface area contributed by atoms with E-state index < -0.39 is 47.4 Å². The van der Waals surface area contributed by atoms with E-state index >= 15 is 0 Å². The lowest BCUT2D eigenvalue weighted by atomic mass is 10.1. The van der Waals surface area contributed by atoms with Gasteiger partial charge in [0.25, 0.3) is 5.69 Å². The molecule has 0 aliphatic carbocycles. The van der Waals surface area contributed by atoms with E-state index in [1.54, 1.807) is 0 Å². The molecule has 1 aliphatic rings. The summed E-state index contributed by atoms with van der Waals surface area (Å²) in [6, 6.07) is 1.20. The molecule has 0 radical (unpaired) electrons. The van der Waals surface area contributed by atoms with Crippen LogP contribution in [0.1, 0.15) is 27.0 Å². The second-order valence-corrected chi connectivity index (χ2v) is 6.43. The van der Waals surface area contributed by atoms with Crippen molar-refractivity contribution in [2.24, 2.45) is 0 Å². The van der Waals surface area contributed by atoms with Crippen LogP contribution in [0.5, 0.6) is 0 Å². The van der Waals surface area contributed by atoms with Crippen LogP contribution >= 0.6 is 0 Å². The number of aromatic nitrogens is 3. The Morgan fingerprint density at radius 2 is 1.80 bits per heavy atom. The van der Waals surface area contributed by atoms with Gasteiger partial charge in [-0.1, -0.05) is 0 Å². The molecule has 13 nitrogen and oxygen atoms in total. The molecule has 3 heterocycles. The Kier molecular flexibility index (Phi) is 5.91. The number of fused-ring (bicyclic) bond motifs is 1. The monoisotopic (exact) mass is 422 g/mol. The SMILES string of the molecule is CC(=O)OC[C@H]1O[C@@H](n2cnc3c([N+](=O)[O-])ccnc32)[C@H](OC(C)=O)[C@@H]1OC(C)=O. The molecule has 2 aromatic rings. The van der Waals surface area contributed by atoms with Crippen molar-refractivity contribution in [3.8, 4) is 0 Å². The summed E-state index contributed by atoms with van der Waals surface area (Å²) < 4.78 is 22.8. The lowest BCUT2D eigenvalue weighted by Gasteiger charge is -2.23. The van der Waals surface area contributed by atoms with E-state index in [0.29, 0.717) is 0 Å². The van der Waals surface area contributed by atoms with Crippen LogP contribution in [0.4, 0.5) is 5.69 Å². The van der Waals surface area contributed by atoms with Crippen LogP contribution in [-0.2, 0) is 33.3 Å². The minimum Gasteiger partial charge on any atom is -0.463 e. The van der Waals surface area contributed by atoms with Crippen LogP contribution in [0.2, 0.25) is 0 Å². The predicted octanol–water partition coefficient (Wildman–Crippen LogP) is 0.663. The average molecular weight is 422 g/mol. The third-order valence-corrected chi connectivity index (χ3v) is 4.25. The Hall–Kier alpha value is -3.61. The molecular formula is C17H18N4O9. The van der Waals surface area contributed by atoms with E-state index in [-0.39, 0.29) is 23.5 Å². The number of esters is 3. The highest BCUT2D eigenvalue weighted by Gasteiger charge is 2.51. The average Bonchev–Trinajstić information content (AvgIpc) is 3.21. The summed E-state index contributed by atoms with van der Waals surface area (Å²) in [5.74, 6) is -1.93. The van der Waals surface area contributed by atoms with Gasteiger partial charge in [0.05, 0.1) is 11.3 Å². The number of ether oxygens (including phenoxy) is 4. The van der Waals surface area contributed by atoms with Gasteiger partial charge in [-0.3, -0.25) is 29.1 Å². The molecule has 160 valence electrons. The third-order valence-electron chi connectivity index (χ3n) is 4.25. The molecule has 2 aromatic heterocycles. The van der Waals surface area contributed by atoms with Gasteiger partial charge in [-0.25, -0.2) is 9.97 Å². The highest BCUT2D eigenvalue weighted by atomic mass is 16.7. The van der Waals surface area contributed by atoms with E-state index in [9.17, 15) is 24.5 Å². The van der Waals surface area contributed by atoms with E-state index in [1.807, 2.05) is 0 Å². The first kappa shape index (κ1) is 21.1. The highest BCUT2D eigenvalue weighted by Crippen LogP contribution is 2.36. The van der Waals surface area contributed by atoms with Crippen molar-refractivity contribution in [1.82, 2.24) is 14.5 Å². The molecule has 30 heavy (non-hydrogen) atoms. The Bertz CT molecular complexity index is 1000. The molecule has 0 spiro atoms. The molecule has 0 saturated carbocycles. The molecule has 1 fully saturated rings. The molecule has 0 bridgehead atoms. The molecule has 0 aromatic carbocycles. The molecule has 0 N–H and O–H groups in total. The topological polar surface area (TPSA) is 162 Å². The zero-order chi connectivity index (χ0) is 22.0. The molecule has 0 amide bonds. The number of nitro groups is 1. The Labute approximate surface area is 169 Å². The number of imidazole rings is 1. The summed E-state index contributed by atoms with van der Waals surface area (Å²) in [6.07, 6.45) is -1.85. The van der Waals surface area contributed by atoms with Gasteiger partial charge in [-0.2, -0.15) is 0 Å². The van der Waals surface area contributed by atoms with Gasteiger partial charge in [-0.15, -0.1) is 0 Å². The van der Waals surface area contributed by atoms with Crippen LogP contribution in [-0.4, -0.2) is 62.3 Å². The maximum atomic E-state index is 11.7. The van der Waals surface area contributed by atoms with Gasteiger partial charge in [0.15, 0.2) is 29.6 Å². The fourth-order valence-corrected chi connectivity index (χ4v) is 3.17. The van der Waals surface area contributed by atoms with Gasteiger partial charge in [0.2, 0.25) is 0 Å². The third kappa shape index (κ3) is 4.20. The fraction of sp³-hybridized carbons (Fsp3) is 0.471. The second-order valence-electron chi connectivity index (χ2n) is 6.43. The smallest absolute Gasteiger partial charge is 0.303 e. The Morgan fingerprint density at radius 1 is 1.13 bits per heavy atom. The summed E-state index contributed by atoms with van der Waals surface area (Å²) in [5, 5.41) is 11.3. The predicted molar refractivity (Wildman–Crippen MR) is 95.8 cm³/mol. The zero-order valence-corrected chi connectivity index (χ0v) is 16.2. The summed E-state index contributed by atoms with van der Waals surface area (Å²) in [7, 11) is 0. The van der Waals surface area contributed by atoms with Gasteiger partial charge < -0.3 is 18.9 Å². The number of pyridine rings is 1. The largest absolute Gasteiger partial charge is 0.463 e. The number of nitrogens with zero attached hydrogens (tertiary/aromatic N) is 4. The number of hydrogen-bond acceptors (Lipinski definition) is 11. The second kappa shape index (κ2) is 8.41. The molecule has 0 unspecified atom stereocenters. The summed E-state index contributed by atoms with van der Waals surface area (Å²) in [4.78, 5) is 53.3. The molecular weight excluding hydrogens is 404 g/mol. The van der Waals surface area contributed by atoms with Crippen LogP contribution in [0, 0.1) is 10.1 Å². The van der Waals surface area contributed by atoms with E-state index in [2.05, 4.69) is 9.97 Å². The number of hydrogen-bond donors (Lipinski definition) is 0. The molecule has 1 aliphatic heterocycles. The number of carbonyl (C=O) groups excluding carboxylic acids is 3. The first-order chi connectivity index (χ1) is 14.2. The van der Waals surface area contributed by atoms with Crippen molar-refractivity contribution < 1.29 is 38.3 Å². The van der Waals surface area contributed by atoms with Gasteiger partial charge in [-0.05, 0) is 0 Å². The van der Waals surface area contributed by atoms with Gasteiger partial charge in [0.1, 0.15) is 12.7 Å². The van der Waals surface area contributed by atoms with Crippen molar-refractivity contribution >= 4 is 34.8 Å². The van der Waals surface area contributed by atoms with E-state index in [1.165, 1.54) is 37.0 Å². The maximum Gasteiger partial charge on any atom is 0.303 e. The molecule has 4 atom stereocenters. The van der Waals surface area contributed by atoms with E-state index in [4.69, 9.17) is 18.9 Å². The highest BCUT2D eigenvalue weighted by molar-refractivity contribution is 5.81. The van der Waals surface area contributed by atoms with Crippen molar-refractivity contribution in [3.05, 3.63) is 28.7 Å². The Balaban J connectivity index is 2.04. The van der Waals surface area contributed by atoms with Crippen molar-refractivity contribution in [2.75, 3.05) is 6.61 Å². The lowest BCUT2D eigenvalue weighted by molar-refractivity contribution is -0.383. The van der Waals surface area contributed by atoms with Crippen molar-refractivity contribution in [3.63, 3.8) is 0 Å². The first-order valence-electron chi connectivity index (χ1n) is 8.78. The number of rotatable bonds is 6. The van der Waals surface area contributed by atoms with Crippen LogP contribution in [0.15, 0.2) is 18.6 Å². The summed E-state index contributed by atoms with van der Waals surface area (Å²) in [5.41, 5.74) is -0.171. The zero-order valence-electron chi connectivity index (χ0n) is 16.2. The van der Waals surface area contributed by atoms with E-state index in [0.717, 1.165) is 6.92 Å².